The quantitative estimate of drug-likeness (QED) is 0.578. The predicted molar refractivity (Wildman–Crippen MR) is 32.5 cm³/mol. The number of aliphatic hydroxyl groups excluding tert-OH is 1. The van der Waals surface area contributed by atoms with Gasteiger partial charge in [0.2, 0.25) is 0 Å². The molecule has 0 aromatic carbocycles. The Kier molecular flexibility index (Phi) is 1.70. The lowest BCUT2D eigenvalue weighted by atomic mass is 9.84. The lowest BCUT2D eigenvalue weighted by molar-refractivity contribution is 0.0538. The number of hydrogen-bond donors (Lipinski definition) is 1. The van der Waals surface area contributed by atoms with Gasteiger partial charge >= 0.3 is 0 Å². The van der Waals surface area contributed by atoms with Gasteiger partial charge in [0.15, 0.2) is 0 Å². The van der Waals surface area contributed by atoms with Crippen LogP contribution in [0.15, 0.2) is 0 Å². The molecule has 1 fully saturated rings. The molecule has 1 rings (SSSR count). The highest BCUT2D eigenvalue weighted by molar-refractivity contribution is 9.09. The molecule has 1 N–H and O–H groups in total. The lowest BCUT2D eigenvalue weighted by Crippen LogP contribution is -2.28. The van der Waals surface area contributed by atoms with Crippen LogP contribution in [0.4, 0.5) is 0 Å². The second-order valence-corrected chi connectivity index (χ2v) is 2.79. The molecule has 0 aromatic rings. The highest BCUT2D eigenvalue weighted by atomic mass is 79.9. The van der Waals surface area contributed by atoms with Crippen LogP contribution in [0.5, 0.6) is 0 Å². The van der Waals surface area contributed by atoms with Crippen molar-refractivity contribution in [2.75, 3.05) is 5.33 Å². The average Bonchev–Trinajstić information content (AvgIpc) is 1.58. The van der Waals surface area contributed by atoms with Crippen molar-refractivity contribution >= 4 is 15.9 Å². The van der Waals surface area contributed by atoms with E-state index in [0.29, 0.717) is 0 Å². The molecule has 0 aliphatic heterocycles. The average molecular weight is 165 g/mol. The van der Waals surface area contributed by atoms with Gasteiger partial charge in [-0.3, -0.25) is 0 Å². The minimum atomic E-state index is 0.0162. The van der Waals surface area contributed by atoms with Gasteiger partial charge in [-0.05, 0) is 18.8 Å². The molecule has 42 valence electrons. The van der Waals surface area contributed by atoms with Crippen molar-refractivity contribution in [2.45, 2.75) is 18.9 Å². The maximum Gasteiger partial charge on any atom is 0.0546 e. The Morgan fingerprint density at radius 3 is 2.29 bits per heavy atom. The molecule has 1 aliphatic carbocycles. The van der Waals surface area contributed by atoms with Crippen molar-refractivity contribution in [1.29, 1.82) is 0 Å². The molecule has 0 atom stereocenters. The Morgan fingerprint density at radius 1 is 1.57 bits per heavy atom. The van der Waals surface area contributed by atoms with Crippen molar-refractivity contribution in [3.63, 3.8) is 0 Å². The van der Waals surface area contributed by atoms with Crippen molar-refractivity contribution in [3.05, 3.63) is 0 Å². The van der Waals surface area contributed by atoms with Crippen molar-refractivity contribution in [2.24, 2.45) is 5.92 Å². The van der Waals surface area contributed by atoms with E-state index in [1.54, 1.807) is 0 Å². The molecular weight excluding hydrogens is 156 g/mol. The Morgan fingerprint density at radius 2 is 2.14 bits per heavy atom. The van der Waals surface area contributed by atoms with Crippen LogP contribution in [-0.2, 0) is 0 Å². The minimum Gasteiger partial charge on any atom is -0.393 e. The molecule has 0 unspecified atom stereocenters. The molecule has 1 aliphatic rings. The van der Waals surface area contributed by atoms with Crippen LogP contribution in [0.2, 0.25) is 0 Å². The van der Waals surface area contributed by atoms with Gasteiger partial charge in [-0.25, -0.2) is 0 Å². The first kappa shape index (κ1) is 5.57. The van der Waals surface area contributed by atoms with Crippen LogP contribution in [0.1, 0.15) is 12.8 Å². The largest absolute Gasteiger partial charge is 0.393 e. The van der Waals surface area contributed by atoms with E-state index in [2.05, 4.69) is 15.9 Å². The number of hydrogen-bond acceptors (Lipinski definition) is 1. The molecule has 1 saturated carbocycles. The van der Waals surface area contributed by atoms with Gasteiger partial charge < -0.3 is 5.11 Å². The highest BCUT2D eigenvalue weighted by Crippen LogP contribution is 2.28. The topological polar surface area (TPSA) is 20.2 Å². The molecule has 2 heteroatoms. The fraction of sp³-hybridized carbons (Fsp3) is 1.00. The molecule has 0 spiro atoms. The molecule has 0 bridgehead atoms. The summed E-state index contributed by atoms with van der Waals surface area (Å²) in [5, 5.41) is 9.79. The van der Waals surface area contributed by atoms with Crippen molar-refractivity contribution in [3.8, 4) is 0 Å². The van der Waals surface area contributed by atoms with E-state index >= 15 is 0 Å². The molecule has 0 amide bonds. The fourth-order valence-electron chi connectivity index (χ4n) is 0.826. The van der Waals surface area contributed by atoms with Crippen LogP contribution in [0, 0.1) is 5.92 Å². The first-order valence-electron chi connectivity index (χ1n) is 2.57. The Bertz CT molecular complexity index is 59.1. The third-order valence-electron chi connectivity index (χ3n) is 1.43. The van der Waals surface area contributed by atoms with Crippen LogP contribution < -0.4 is 0 Å². The van der Waals surface area contributed by atoms with Crippen LogP contribution in [-0.4, -0.2) is 16.5 Å². The van der Waals surface area contributed by atoms with E-state index in [1.807, 2.05) is 0 Å². The smallest absolute Gasteiger partial charge is 0.0546 e. The number of aliphatic hydroxyl groups is 1. The van der Waals surface area contributed by atoms with E-state index in [0.717, 1.165) is 24.1 Å². The van der Waals surface area contributed by atoms with Gasteiger partial charge in [-0.1, -0.05) is 15.9 Å². The summed E-state index contributed by atoms with van der Waals surface area (Å²) in [6.45, 7) is 0. The van der Waals surface area contributed by atoms with Crippen LogP contribution in [0.3, 0.4) is 0 Å². The predicted octanol–water partition coefficient (Wildman–Crippen LogP) is 1.15. The number of rotatable bonds is 1. The fourth-order valence-corrected chi connectivity index (χ4v) is 1.36. The molecule has 7 heavy (non-hydrogen) atoms. The van der Waals surface area contributed by atoms with Crippen molar-refractivity contribution in [1.82, 2.24) is 0 Å². The summed E-state index contributed by atoms with van der Waals surface area (Å²) >= 11 is 3.34. The maximum absolute atomic E-state index is 8.73. The van der Waals surface area contributed by atoms with Crippen LogP contribution >= 0.6 is 15.9 Å². The van der Waals surface area contributed by atoms with Gasteiger partial charge in [0.05, 0.1) is 6.10 Å². The molecule has 0 heterocycles. The Balaban J connectivity index is 2.06. The van der Waals surface area contributed by atoms with E-state index in [9.17, 15) is 0 Å². The van der Waals surface area contributed by atoms with Crippen molar-refractivity contribution < 1.29 is 5.11 Å². The van der Waals surface area contributed by atoms with E-state index in [1.165, 1.54) is 0 Å². The van der Waals surface area contributed by atoms with Gasteiger partial charge in [0.1, 0.15) is 0 Å². The lowest BCUT2D eigenvalue weighted by Gasteiger charge is -2.29. The minimum absolute atomic E-state index is 0.0162. The zero-order chi connectivity index (χ0) is 5.28. The van der Waals surface area contributed by atoms with E-state index in [-0.39, 0.29) is 6.10 Å². The first-order chi connectivity index (χ1) is 3.33. The summed E-state index contributed by atoms with van der Waals surface area (Å²) in [6, 6.07) is 0. The summed E-state index contributed by atoms with van der Waals surface area (Å²) < 4.78 is 0. The number of alkyl halides is 1. The third kappa shape index (κ3) is 1.16. The first-order valence-corrected chi connectivity index (χ1v) is 3.69. The van der Waals surface area contributed by atoms with Gasteiger partial charge in [0, 0.05) is 5.33 Å². The zero-order valence-corrected chi connectivity index (χ0v) is 5.69. The standard InChI is InChI=1S/C5H9BrO/c6-3-4-1-5(7)2-4/h4-5,7H,1-3H2. The summed E-state index contributed by atoms with van der Waals surface area (Å²) in [7, 11) is 0. The van der Waals surface area contributed by atoms with Gasteiger partial charge in [-0.2, -0.15) is 0 Å². The summed E-state index contributed by atoms with van der Waals surface area (Å²) in [4.78, 5) is 0. The monoisotopic (exact) mass is 164 g/mol. The van der Waals surface area contributed by atoms with E-state index in [4.69, 9.17) is 5.11 Å². The normalized spacial score (nSPS) is 40.3. The Hall–Kier alpha value is 0.440. The number of halogens is 1. The molecule has 0 aromatic heterocycles. The highest BCUT2D eigenvalue weighted by Gasteiger charge is 2.25. The second-order valence-electron chi connectivity index (χ2n) is 2.15. The zero-order valence-electron chi connectivity index (χ0n) is 4.10. The summed E-state index contributed by atoms with van der Waals surface area (Å²) in [5.41, 5.74) is 0. The maximum atomic E-state index is 8.73. The molecular formula is C5H9BrO. The summed E-state index contributed by atoms with van der Waals surface area (Å²) in [5.74, 6) is 0.759. The third-order valence-corrected chi connectivity index (χ3v) is 2.34. The molecule has 0 radical (unpaired) electrons. The van der Waals surface area contributed by atoms with Gasteiger partial charge in [-0.15, -0.1) is 0 Å². The second kappa shape index (κ2) is 2.14. The van der Waals surface area contributed by atoms with Gasteiger partial charge in [0.25, 0.3) is 0 Å². The van der Waals surface area contributed by atoms with Crippen LogP contribution in [0.25, 0.3) is 0 Å². The SMILES string of the molecule is OC1CC(CBr)C1. The Labute approximate surface area is 51.9 Å². The van der Waals surface area contributed by atoms with E-state index < -0.39 is 0 Å². The molecule has 1 nitrogen and oxygen atoms in total. The molecule has 0 saturated heterocycles. The summed E-state index contributed by atoms with van der Waals surface area (Å²) in [6.07, 6.45) is 2.03.